The lowest BCUT2D eigenvalue weighted by Gasteiger charge is -2.09. The maximum atomic E-state index is 11.5. The summed E-state index contributed by atoms with van der Waals surface area (Å²) >= 11 is 0. The molecule has 0 aromatic heterocycles. The molecule has 0 bridgehead atoms. The number of carboxylic acids is 1. The van der Waals surface area contributed by atoms with E-state index in [2.05, 4.69) is 5.32 Å². The molecule has 0 fully saturated rings. The highest BCUT2D eigenvalue weighted by atomic mass is 16.6. The van der Waals surface area contributed by atoms with Crippen molar-refractivity contribution in [2.24, 2.45) is 0 Å². The largest absolute Gasteiger partial charge is 0.484 e. The van der Waals surface area contributed by atoms with Crippen LogP contribution in [0.2, 0.25) is 0 Å². The summed E-state index contributed by atoms with van der Waals surface area (Å²) in [5, 5.41) is 21.5. The molecule has 2 N–H and O–H groups in total. The molecule has 0 aliphatic heterocycles. The molecule has 0 spiro atoms. The monoisotopic (exact) mass is 296 g/mol. The summed E-state index contributed by atoms with van der Waals surface area (Å²) in [7, 11) is 0. The van der Waals surface area contributed by atoms with Gasteiger partial charge in [0.05, 0.1) is 4.92 Å². The smallest absolute Gasteiger partial charge is 0.303 e. The fourth-order valence-electron chi connectivity index (χ4n) is 1.57. The van der Waals surface area contributed by atoms with Crippen LogP contribution in [0, 0.1) is 17.0 Å². The van der Waals surface area contributed by atoms with Crippen LogP contribution in [0.3, 0.4) is 0 Å². The number of benzene rings is 1. The van der Waals surface area contributed by atoms with Gasteiger partial charge in [0.15, 0.2) is 6.61 Å². The van der Waals surface area contributed by atoms with Crippen molar-refractivity contribution in [3.8, 4) is 5.75 Å². The molecule has 8 heteroatoms. The molecule has 0 aliphatic carbocycles. The van der Waals surface area contributed by atoms with Gasteiger partial charge in [0.25, 0.3) is 11.6 Å². The van der Waals surface area contributed by atoms with E-state index in [0.717, 1.165) is 0 Å². The Morgan fingerprint density at radius 2 is 2.14 bits per heavy atom. The van der Waals surface area contributed by atoms with Crippen molar-refractivity contribution >= 4 is 17.6 Å². The molecule has 114 valence electrons. The molecule has 1 amide bonds. The summed E-state index contributed by atoms with van der Waals surface area (Å²) in [6.07, 6.45) is 0.334. The zero-order chi connectivity index (χ0) is 15.8. The summed E-state index contributed by atoms with van der Waals surface area (Å²) in [5.74, 6) is -0.901. The normalized spacial score (nSPS) is 9.95. The zero-order valence-corrected chi connectivity index (χ0v) is 11.5. The third kappa shape index (κ3) is 5.89. The molecule has 21 heavy (non-hydrogen) atoms. The Labute approximate surface area is 120 Å². The van der Waals surface area contributed by atoms with Gasteiger partial charge in [-0.25, -0.2) is 0 Å². The maximum Gasteiger partial charge on any atom is 0.303 e. The molecule has 0 radical (unpaired) electrons. The number of nitro groups is 1. The first-order chi connectivity index (χ1) is 9.90. The number of non-ortho nitro benzene ring substituents is 1. The summed E-state index contributed by atoms with van der Waals surface area (Å²) in [6.45, 7) is 1.67. The Bertz CT molecular complexity index is 543. The average molecular weight is 296 g/mol. The van der Waals surface area contributed by atoms with Crippen LogP contribution in [-0.2, 0) is 9.59 Å². The van der Waals surface area contributed by atoms with E-state index in [4.69, 9.17) is 9.84 Å². The van der Waals surface area contributed by atoms with Gasteiger partial charge in [-0.05, 0) is 25.0 Å². The van der Waals surface area contributed by atoms with Crippen molar-refractivity contribution in [3.05, 3.63) is 33.9 Å². The van der Waals surface area contributed by atoms with Crippen LogP contribution in [0.25, 0.3) is 0 Å². The van der Waals surface area contributed by atoms with Crippen molar-refractivity contribution < 1.29 is 24.4 Å². The lowest BCUT2D eigenvalue weighted by molar-refractivity contribution is -0.384. The van der Waals surface area contributed by atoms with E-state index in [1.165, 1.54) is 18.2 Å². The number of amides is 1. The molecule has 0 atom stereocenters. The SMILES string of the molecule is Cc1cc([N+](=O)[O-])ccc1OCC(=O)NCCCC(=O)O. The number of ether oxygens (including phenoxy) is 1. The van der Waals surface area contributed by atoms with Crippen molar-refractivity contribution in [3.63, 3.8) is 0 Å². The maximum absolute atomic E-state index is 11.5. The minimum Gasteiger partial charge on any atom is -0.484 e. The van der Waals surface area contributed by atoms with Crippen molar-refractivity contribution in [2.75, 3.05) is 13.2 Å². The number of nitro benzene ring substituents is 1. The number of carbonyl (C=O) groups excluding carboxylic acids is 1. The van der Waals surface area contributed by atoms with Crippen LogP contribution in [-0.4, -0.2) is 35.1 Å². The van der Waals surface area contributed by atoms with Gasteiger partial charge in [-0.15, -0.1) is 0 Å². The number of carboxylic acid groups (broad SMARTS) is 1. The Balaban J connectivity index is 2.39. The van der Waals surface area contributed by atoms with Gasteiger partial charge in [0.1, 0.15) is 5.75 Å². The van der Waals surface area contributed by atoms with E-state index < -0.39 is 10.9 Å². The fraction of sp³-hybridized carbons (Fsp3) is 0.385. The summed E-state index contributed by atoms with van der Waals surface area (Å²) in [6, 6.07) is 4.10. The Morgan fingerprint density at radius 3 is 2.71 bits per heavy atom. The van der Waals surface area contributed by atoms with Gasteiger partial charge in [0.2, 0.25) is 0 Å². The number of hydrogen-bond donors (Lipinski definition) is 2. The second-order valence-electron chi connectivity index (χ2n) is 4.34. The molecule has 0 saturated carbocycles. The van der Waals surface area contributed by atoms with Crippen LogP contribution >= 0.6 is 0 Å². The predicted molar refractivity (Wildman–Crippen MR) is 73.2 cm³/mol. The fourth-order valence-corrected chi connectivity index (χ4v) is 1.57. The number of hydrogen-bond acceptors (Lipinski definition) is 5. The second-order valence-corrected chi connectivity index (χ2v) is 4.34. The van der Waals surface area contributed by atoms with Gasteiger partial charge in [-0.1, -0.05) is 0 Å². The van der Waals surface area contributed by atoms with E-state index in [1.807, 2.05) is 0 Å². The quantitative estimate of drug-likeness (QED) is 0.423. The molecule has 1 aromatic rings. The number of nitrogens with zero attached hydrogens (tertiary/aromatic N) is 1. The van der Waals surface area contributed by atoms with Crippen LogP contribution < -0.4 is 10.1 Å². The number of carbonyl (C=O) groups is 2. The number of nitrogens with one attached hydrogen (secondary N) is 1. The third-order valence-corrected chi connectivity index (χ3v) is 2.62. The summed E-state index contributed by atoms with van der Waals surface area (Å²) in [4.78, 5) is 31.8. The summed E-state index contributed by atoms with van der Waals surface area (Å²) < 4.78 is 5.26. The van der Waals surface area contributed by atoms with Gasteiger partial charge in [-0.3, -0.25) is 19.7 Å². The van der Waals surface area contributed by atoms with Gasteiger partial charge in [-0.2, -0.15) is 0 Å². The first-order valence-corrected chi connectivity index (χ1v) is 6.26. The first-order valence-electron chi connectivity index (χ1n) is 6.26. The molecule has 0 aliphatic rings. The summed E-state index contributed by atoms with van der Waals surface area (Å²) in [5.41, 5.74) is 0.515. The van der Waals surface area contributed by atoms with Crippen LogP contribution in [0.1, 0.15) is 18.4 Å². The van der Waals surface area contributed by atoms with Gasteiger partial charge < -0.3 is 15.2 Å². The molecule has 1 aromatic carbocycles. The first kappa shape index (κ1) is 16.4. The minimum atomic E-state index is -0.915. The lowest BCUT2D eigenvalue weighted by atomic mass is 10.2. The van der Waals surface area contributed by atoms with E-state index >= 15 is 0 Å². The second kappa shape index (κ2) is 7.83. The topological polar surface area (TPSA) is 119 Å². The highest BCUT2D eigenvalue weighted by Gasteiger charge is 2.10. The highest BCUT2D eigenvalue weighted by molar-refractivity contribution is 5.77. The van der Waals surface area contributed by atoms with Crippen LogP contribution in [0.15, 0.2) is 18.2 Å². The van der Waals surface area contributed by atoms with Crippen molar-refractivity contribution in [2.45, 2.75) is 19.8 Å². The molecule has 0 unspecified atom stereocenters. The van der Waals surface area contributed by atoms with Crippen LogP contribution in [0.4, 0.5) is 5.69 Å². The Hall–Kier alpha value is -2.64. The van der Waals surface area contributed by atoms with E-state index in [1.54, 1.807) is 6.92 Å². The molecule has 0 saturated heterocycles. The highest BCUT2D eigenvalue weighted by Crippen LogP contribution is 2.22. The van der Waals surface area contributed by atoms with Crippen molar-refractivity contribution in [1.82, 2.24) is 5.32 Å². The van der Waals surface area contributed by atoms with Gasteiger partial charge >= 0.3 is 5.97 Å². The zero-order valence-electron chi connectivity index (χ0n) is 11.5. The molecule has 1 rings (SSSR count). The third-order valence-electron chi connectivity index (χ3n) is 2.62. The Kier molecular flexibility index (Phi) is 6.12. The standard InChI is InChI=1S/C13H16N2O6/c1-9-7-10(15(19)20)4-5-11(9)21-8-12(16)14-6-2-3-13(17)18/h4-5,7H,2-3,6,8H2,1H3,(H,14,16)(H,17,18). The minimum absolute atomic E-state index is 0.0113. The van der Waals surface area contributed by atoms with E-state index in [0.29, 0.717) is 17.7 Å². The number of aliphatic carboxylic acids is 1. The predicted octanol–water partition coefficient (Wildman–Crippen LogP) is 1.26. The lowest BCUT2D eigenvalue weighted by Crippen LogP contribution is -2.30. The molecular weight excluding hydrogens is 280 g/mol. The number of aryl methyl sites for hydroxylation is 1. The van der Waals surface area contributed by atoms with E-state index in [-0.39, 0.29) is 31.2 Å². The molecule has 0 heterocycles. The van der Waals surface area contributed by atoms with Gasteiger partial charge in [0, 0.05) is 25.1 Å². The van der Waals surface area contributed by atoms with E-state index in [9.17, 15) is 19.7 Å². The molecule has 8 nitrogen and oxygen atoms in total. The average Bonchev–Trinajstić information content (AvgIpc) is 2.41. The van der Waals surface area contributed by atoms with Crippen molar-refractivity contribution in [1.29, 1.82) is 0 Å². The molecular formula is C13H16N2O6. The Morgan fingerprint density at radius 1 is 1.43 bits per heavy atom. The van der Waals surface area contributed by atoms with Crippen LogP contribution in [0.5, 0.6) is 5.75 Å². The number of rotatable bonds is 8.